The van der Waals surface area contributed by atoms with E-state index < -0.39 is 0 Å². The lowest BCUT2D eigenvalue weighted by Gasteiger charge is -2.15. The van der Waals surface area contributed by atoms with Crippen molar-refractivity contribution in [1.82, 2.24) is 20.1 Å². The molecule has 0 aliphatic carbocycles. The summed E-state index contributed by atoms with van der Waals surface area (Å²) >= 11 is 0. The van der Waals surface area contributed by atoms with E-state index in [-0.39, 0.29) is 0 Å². The first-order valence-electron chi connectivity index (χ1n) is 7.54. The summed E-state index contributed by atoms with van der Waals surface area (Å²) < 4.78 is 1.94. The summed E-state index contributed by atoms with van der Waals surface area (Å²) in [6, 6.07) is 15.0. The van der Waals surface area contributed by atoms with Gasteiger partial charge in [-0.3, -0.25) is 9.67 Å². The second kappa shape index (κ2) is 7.00. The number of hydrogen-bond acceptors (Lipinski definition) is 3. The molecule has 1 atom stereocenters. The molecule has 4 heteroatoms. The number of nitrogens with one attached hydrogen (secondary N) is 1. The third kappa shape index (κ3) is 3.59. The molecule has 3 aromatic rings. The number of rotatable bonds is 6. The predicted molar refractivity (Wildman–Crippen MR) is 88.3 cm³/mol. The van der Waals surface area contributed by atoms with Crippen LogP contribution in [-0.2, 0) is 6.54 Å². The van der Waals surface area contributed by atoms with Crippen molar-refractivity contribution in [2.75, 3.05) is 6.54 Å². The standard InChI is InChI=1S/C18H20N4/c1-15(20-11-13-22-12-3-10-21-22)16-5-7-17(8-6-16)18-4-2-9-19-14-18/h2-10,12,14-15,20H,11,13H2,1H3/t15-/m1/s1. The van der Waals surface area contributed by atoms with Gasteiger partial charge in [-0.25, -0.2) is 0 Å². The molecule has 0 spiro atoms. The molecular formula is C18H20N4. The zero-order chi connectivity index (χ0) is 15.2. The van der Waals surface area contributed by atoms with Gasteiger partial charge in [0.15, 0.2) is 0 Å². The van der Waals surface area contributed by atoms with Crippen molar-refractivity contribution in [2.24, 2.45) is 0 Å². The fourth-order valence-electron chi connectivity index (χ4n) is 2.44. The molecule has 0 aliphatic heterocycles. The molecule has 0 radical (unpaired) electrons. The smallest absolute Gasteiger partial charge is 0.0534 e. The Morgan fingerprint density at radius 2 is 1.91 bits per heavy atom. The Bertz CT molecular complexity index is 675. The highest BCUT2D eigenvalue weighted by atomic mass is 15.3. The van der Waals surface area contributed by atoms with Crippen LogP contribution < -0.4 is 5.32 Å². The van der Waals surface area contributed by atoms with E-state index in [4.69, 9.17) is 0 Å². The molecule has 0 amide bonds. The Morgan fingerprint density at radius 1 is 1.05 bits per heavy atom. The van der Waals surface area contributed by atoms with Crippen LogP contribution in [0.5, 0.6) is 0 Å². The van der Waals surface area contributed by atoms with Crippen molar-refractivity contribution in [3.8, 4) is 11.1 Å². The summed E-state index contributed by atoms with van der Waals surface area (Å²) in [4.78, 5) is 4.16. The van der Waals surface area contributed by atoms with Crippen LogP contribution in [0, 0.1) is 0 Å². The van der Waals surface area contributed by atoms with Crippen LogP contribution >= 0.6 is 0 Å². The number of benzene rings is 1. The van der Waals surface area contributed by atoms with E-state index in [2.05, 4.69) is 52.7 Å². The Morgan fingerprint density at radius 3 is 2.59 bits per heavy atom. The molecule has 112 valence electrons. The molecule has 1 N–H and O–H groups in total. The summed E-state index contributed by atoms with van der Waals surface area (Å²) in [5, 5.41) is 7.72. The lowest BCUT2D eigenvalue weighted by atomic mass is 10.0. The van der Waals surface area contributed by atoms with Crippen molar-refractivity contribution in [3.63, 3.8) is 0 Å². The molecule has 0 saturated heterocycles. The van der Waals surface area contributed by atoms with Crippen LogP contribution in [0.3, 0.4) is 0 Å². The van der Waals surface area contributed by atoms with Gasteiger partial charge in [0.25, 0.3) is 0 Å². The minimum Gasteiger partial charge on any atom is -0.308 e. The molecule has 22 heavy (non-hydrogen) atoms. The predicted octanol–water partition coefficient (Wildman–Crippen LogP) is 3.30. The highest BCUT2D eigenvalue weighted by molar-refractivity contribution is 5.62. The lowest BCUT2D eigenvalue weighted by molar-refractivity contribution is 0.507. The highest BCUT2D eigenvalue weighted by Crippen LogP contribution is 2.21. The lowest BCUT2D eigenvalue weighted by Crippen LogP contribution is -2.23. The Balaban J connectivity index is 1.57. The first-order chi connectivity index (χ1) is 10.8. The molecule has 2 heterocycles. The molecule has 0 unspecified atom stereocenters. The minimum absolute atomic E-state index is 0.318. The molecule has 0 bridgehead atoms. The van der Waals surface area contributed by atoms with Crippen LogP contribution in [0.2, 0.25) is 0 Å². The van der Waals surface area contributed by atoms with E-state index in [9.17, 15) is 0 Å². The second-order valence-electron chi connectivity index (χ2n) is 5.31. The Labute approximate surface area is 130 Å². The van der Waals surface area contributed by atoms with Gasteiger partial charge < -0.3 is 5.32 Å². The number of pyridine rings is 1. The molecule has 0 fully saturated rings. The van der Waals surface area contributed by atoms with Crippen molar-refractivity contribution in [1.29, 1.82) is 0 Å². The number of nitrogens with zero attached hydrogens (tertiary/aromatic N) is 3. The summed E-state index contributed by atoms with van der Waals surface area (Å²) in [7, 11) is 0. The zero-order valence-electron chi connectivity index (χ0n) is 12.7. The summed E-state index contributed by atoms with van der Waals surface area (Å²) in [6.07, 6.45) is 7.47. The normalized spacial score (nSPS) is 12.2. The topological polar surface area (TPSA) is 42.7 Å². The van der Waals surface area contributed by atoms with Gasteiger partial charge in [-0.1, -0.05) is 30.3 Å². The van der Waals surface area contributed by atoms with Crippen LogP contribution in [0.15, 0.2) is 67.3 Å². The number of hydrogen-bond donors (Lipinski definition) is 1. The average Bonchev–Trinajstić information content (AvgIpc) is 3.09. The number of aromatic nitrogens is 3. The molecule has 4 nitrogen and oxygen atoms in total. The van der Waals surface area contributed by atoms with Gasteiger partial charge in [0, 0.05) is 37.4 Å². The minimum atomic E-state index is 0.318. The monoisotopic (exact) mass is 292 g/mol. The average molecular weight is 292 g/mol. The van der Waals surface area contributed by atoms with Gasteiger partial charge in [-0.2, -0.15) is 5.10 Å². The second-order valence-corrected chi connectivity index (χ2v) is 5.31. The van der Waals surface area contributed by atoms with Crippen molar-refractivity contribution < 1.29 is 0 Å². The summed E-state index contributed by atoms with van der Waals surface area (Å²) in [5.41, 5.74) is 3.63. The van der Waals surface area contributed by atoms with Crippen LogP contribution in [-0.4, -0.2) is 21.3 Å². The third-order valence-corrected chi connectivity index (χ3v) is 3.76. The Hall–Kier alpha value is -2.46. The first kappa shape index (κ1) is 14.5. The zero-order valence-corrected chi connectivity index (χ0v) is 12.7. The van der Waals surface area contributed by atoms with Gasteiger partial charge in [-0.15, -0.1) is 0 Å². The maximum absolute atomic E-state index is 4.20. The van der Waals surface area contributed by atoms with Crippen molar-refractivity contribution in [2.45, 2.75) is 19.5 Å². The van der Waals surface area contributed by atoms with Crippen LogP contribution in [0.1, 0.15) is 18.5 Å². The van der Waals surface area contributed by atoms with E-state index in [0.717, 1.165) is 18.7 Å². The molecule has 0 saturated carbocycles. The van der Waals surface area contributed by atoms with Crippen LogP contribution in [0.4, 0.5) is 0 Å². The van der Waals surface area contributed by atoms with Gasteiger partial charge >= 0.3 is 0 Å². The molecular weight excluding hydrogens is 272 g/mol. The summed E-state index contributed by atoms with van der Waals surface area (Å²) in [5.74, 6) is 0. The van der Waals surface area contributed by atoms with E-state index in [1.54, 1.807) is 12.4 Å². The van der Waals surface area contributed by atoms with E-state index in [0.29, 0.717) is 6.04 Å². The fourth-order valence-corrected chi connectivity index (χ4v) is 2.44. The largest absolute Gasteiger partial charge is 0.308 e. The SMILES string of the molecule is C[C@@H](NCCn1cccn1)c1ccc(-c2cccnc2)cc1. The third-order valence-electron chi connectivity index (χ3n) is 3.76. The van der Waals surface area contributed by atoms with E-state index in [1.165, 1.54) is 11.1 Å². The Kier molecular flexibility index (Phi) is 4.61. The van der Waals surface area contributed by atoms with Crippen LogP contribution in [0.25, 0.3) is 11.1 Å². The van der Waals surface area contributed by atoms with Crippen molar-refractivity contribution in [3.05, 3.63) is 72.8 Å². The van der Waals surface area contributed by atoms with Gasteiger partial charge in [-0.05, 0) is 35.7 Å². The highest BCUT2D eigenvalue weighted by Gasteiger charge is 2.05. The molecule has 2 aromatic heterocycles. The molecule has 1 aromatic carbocycles. The van der Waals surface area contributed by atoms with Gasteiger partial charge in [0.05, 0.1) is 6.54 Å². The molecule has 3 rings (SSSR count). The maximum atomic E-state index is 4.20. The van der Waals surface area contributed by atoms with Gasteiger partial charge in [0.1, 0.15) is 0 Å². The fraction of sp³-hybridized carbons (Fsp3) is 0.222. The van der Waals surface area contributed by atoms with E-state index >= 15 is 0 Å². The summed E-state index contributed by atoms with van der Waals surface area (Å²) in [6.45, 7) is 3.96. The van der Waals surface area contributed by atoms with E-state index in [1.807, 2.05) is 29.2 Å². The molecule has 0 aliphatic rings. The first-order valence-corrected chi connectivity index (χ1v) is 7.54. The van der Waals surface area contributed by atoms with Gasteiger partial charge in [0.2, 0.25) is 0 Å². The van der Waals surface area contributed by atoms with Crippen molar-refractivity contribution >= 4 is 0 Å². The quantitative estimate of drug-likeness (QED) is 0.758. The maximum Gasteiger partial charge on any atom is 0.0534 e.